The van der Waals surface area contributed by atoms with E-state index in [-0.39, 0.29) is 35.6 Å². The minimum atomic E-state index is -5.51. The van der Waals surface area contributed by atoms with Crippen molar-refractivity contribution in [2.24, 2.45) is 23.2 Å². The number of alkyl halides is 5. The number of rotatable bonds is 8. The Morgan fingerprint density at radius 1 is 1.05 bits per heavy atom. The fourth-order valence-electron chi connectivity index (χ4n) is 8.21. The maximum Gasteiger partial charge on any atom is 0.494 e. The van der Waals surface area contributed by atoms with Crippen molar-refractivity contribution >= 4 is 30.3 Å². The van der Waals surface area contributed by atoms with Crippen LogP contribution in [0.3, 0.4) is 0 Å². The average Bonchev–Trinajstić information content (AvgIpc) is 3.33. The van der Waals surface area contributed by atoms with Gasteiger partial charge in [-0.15, -0.1) is 0 Å². The molecule has 11 heteroatoms. The Labute approximate surface area is 256 Å². The molecule has 0 aromatic heterocycles. The van der Waals surface area contributed by atoms with E-state index in [0.717, 1.165) is 37.6 Å². The van der Waals surface area contributed by atoms with Crippen LogP contribution in [0.4, 0.5) is 22.0 Å². The van der Waals surface area contributed by atoms with Crippen LogP contribution in [0.1, 0.15) is 97.1 Å². The number of carbonyl (C=O) groups excluding carboxylic acids is 1. The largest absolute Gasteiger partial charge is 0.494 e. The second-order valence-electron chi connectivity index (χ2n) is 14.4. The molecular weight excluding hydrogens is 586 g/mol. The molecule has 0 spiro atoms. The molecular formula is C32H44BF5O4S. The Balaban J connectivity index is 1.37. The van der Waals surface area contributed by atoms with Crippen LogP contribution < -0.4 is 5.46 Å². The number of thioether (sulfide) groups is 1. The lowest BCUT2D eigenvalue weighted by molar-refractivity contribution is -0.284. The Hall–Kier alpha value is -1.33. The van der Waals surface area contributed by atoms with Crippen LogP contribution in [0.2, 0.25) is 0 Å². The van der Waals surface area contributed by atoms with Crippen LogP contribution in [0, 0.1) is 23.2 Å². The van der Waals surface area contributed by atoms with E-state index in [0.29, 0.717) is 23.5 Å². The highest BCUT2D eigenvalue weighted by molar-refractivity contribution is 7.99. The summed E-state index contributed by atoms with van der Waals surface area (Å²) >= 11 is 1.48. The Kier molecular flexibility index (Phi) is 8.82. The number of hydrogen-bond donors (Lipinski definition) is 0. The first kappa shape index (κ1) is 33.1. The van der Waals surface area contributed by atoms with E-state index < -0.39 is 36.8 Å². The molecule has 0 radical (unpaired) electrons. The Morgan fingerprint density at radius 3 is 2.35 bits per heavy atom. The number of halogens is 5. The lowest BCUT2D eigenvalue weighted by Crippen LogP contribution is -2.48. The normalized spacial score (nSPS) is 33.1. The maximum atomic E-state index is 13.5. The van der Waals surface area contributed by atoms with Crippen molar-refractivity contribution in [3.8, 4) is 0 Å². The molecule has 0 bridgehead atoms. The number of ether oxygens (including phenoxy) is 1. The summed E-state index contributed by atoms with van der Waals surface area (Å²) < 4.78 is 83.4. The summed E-state index contributed by atoms with van der Waals surface area (Å²) in [5, 5.41) is 0. The van der Waals surface area contributed by atoms with Gasteiger partial charge >= 0.3 is 25.2 Å². The van der Waals surface area contributed by atoms with Gasteiger partial charge in [0.05, 0.1) is 11.2 Å². The first-order valence-electron chi connectivity index (χ1n) is 15.5. The van der Waals surface area contributed by atoms with Gasteiger partial charge in [-0.05, 0) is 118 Å². The second kappa shape index (κ2) is 11.5. The number of carbonyl (C=O) groups is 1. The number of benzene rings is 1. The smallest absolute Gasteiger partial charge is 0.462 e. The molecule has 43 heavy (non-hydrogen) atoms. The second-order valence-corrected chi connectivity index (χ2v) is 15.6. The van der Waals surface area contributed by atoms with Gasteiger partial charge < -0.3 is 14.0 Å². The molecule has 1 aromatic rings. The molecule has 4 nitrogen and oxygen atoms in total. The molecule has 3 aliphatic carbocycles. The summed E-state index contributed by atoms with van der Waals surface area (Å²) in [6, 6.07) is 6.52. The van der Waals surface area contributed by atoms with Crippen molar-refractivity contribution in [1.29, 1.82) is 0 Å². The van der Waals surface area contributed by atoms with Crippen molar-refractivity contribution < 1.29 is 40.8 Å². The van der Waals surface area contributed by atoms with Gasteiger partial charge in [0, 0.05) is 18.8 Å². The third-order valence-corrected chi connectivity index (χ3v) is 12.4. The maximum absolute atomic E-state index is 13.5. The molecule has 0 N–H and O–H groups in total. The molecule has 1 heterocycles. The van der Waals surface area contributed by atoms with Crippen LogP contribution in [0.5, 0.6) is 0 Å². The molecule has 1 aromatic carbocycles. The molecule has 240 valence electrons. The topological polar surface area (TPSA) is 44.8 Å². The van der Waals surface area contributed by atoms with E-state index in [9.17, 15) is 26.7 Å². The van der Waals surface area contributed by atoms with E-state index >= 15 is 0 Å². The third kappa shape index (κ3) is 6.12. The van der Waals surface area contributed by atoms with Crippen LogP contribution in [0.15, 0.2) is 18.2 Å². The van der Waals surface area contributed by atoms with E-state index in [2.05, 4.69) is 25.1 Å². The average molecular weight is 631 g/mol. The molecule has 0 unspecified atom stereocenters. The molecule has 1 aliphatic heterocycles. The van der Waals surface area contributed by atoms with Gasteiger partial charge in [-0.1, -0.05) is 25.1 Å². The van der Waals surface area contributed by atoms with Crippen molar-refractivity contribution in [2.75, 3.05) is 11.5 Å². The minimum absolute atomic E-state index is 0.124. The van der Waals surface area contributed by atoms with Gasteiger partial charge in [0.25, 0.3) is 0 Å². The summed E-state index contributed by atoms with van der Waals surface area (Å²) in [6.07, 6.45) is -2.55. The molecule has 3 fully saturated rings. The first-order chi connectivity index (χ1) is 19.9. The molecule has 6 atom stereocenters. The fraction of sp³-hybridized carbons (Fsp3) is 0.781. The summed E-state index contributed by atoms with van der Waals surface area (Å²) in [7, 11) is -0.481. The summed E-state index contributed by atoms with van der Waals surface area (Å²) in [5.74, 6) is -2.80. The highest BCUT2D eigenvalue weighted by Crippen LogP contribution is 2.63. The zero-order valence-electron chi connectivity index (χ0n) is 26.0. The van der Waals surface area contributed by atoms with Crippen LogP contribution >= 0.6 is 11.8 Å². The van der Waals surface area contributed by atoms with Gasteiger partial charge in [0.2, 0.25) is 0 Å². The van der Waals surface area contributed by atoms with Crippen molar-refractivity contribution in [2.45, 2.75) is 122 Å². The standard InChI is InChI=1S/C32H44BF5O4S/c1-19(39)40-26-11-10-25-27-21(18-43-15-7-13-31(34,35)32(36,37)38)16-20-17-22(33-41-28(2,3)29(4,5)42-33)8-9-23(20)24(27)12-14-30(25,26)6/h8-9,17,21,24-27H,7,10-16,18H2,1-6H3/t21-,24+,25-,26-,27+,30-/m0/s1. The quantitative estimate of drug-likeness (QED) is 0.128. The molecule has 5 rings (SSSR count). The van der Waals surface area contributed by atoms with Crippen molar-refractivity contribution in [3.63, 3.8) is 0 Å². The molecule has 0 amide bonds. The molecule has 1 saturated heterocycles. The van der Waals surface area contributed by atoms with Crippen LogP contribution in [0.25, 0.3) is 0 Å². The van der Waals surface area contributed by atoms with Gasteiger partial charge in [-0.3, -0.25) is 4.79 Å². The fourth-order valence-corrected chi connectivity index (χ4v) is 9.37. The van der Waals surface area contributed by atoms with Gasteiger partial charge in [0.1, 0.15) is 6.10 Å². The van der Waals surface area contributed by atoms with Crippen LogP contribution in [-0.2, 0) is 25.3 Å². The first-order valence-corrected chi connectivity index (χ1v) is 16.7. The number of esters is 1. The summed E-state index contributed by atoms with van der Waals surface area (Å²) in [5.41, 5.74) is 2.47. The molecule has 2 saturated carbocycles. The van der Waals surface area contributed by atoms with Crippen molar-refractivity contribution in [1.82, 2.24) is 0 Å². The van der Waals surface area contributed by atoms with E-state index in [1.165, 1.54) is 29.8 Å². The lowest BCUT2D eigenvalue weighted by atomic mass is 9.52. The van der Waals surface area contributed by atoms with Gasteiger partial charge in [-0.2, -0.15) is 33.7 Å². The lowest BCUT2D eigenvalue weighted by Gasteiger charge is -2.53. The summed E-state index contributed by atoms with van der Waals surface area (Å²) in [4.78, 5) is 11.9. The van der Waals surface area contributed by atoms with E-state index in [4.69, 9.17) is 14.0 Å². The Morgan fingerprint density at radius 2 is 1.72 bits per heavy atom. The SMILES string of the molecule is CC(=O)O[C@H]1CC[C@H]2[C@@H]3[C@H](CSCCCC(F)(F)C(F)(F)F)Cc4cc(B5OC(C)(C)C(C)(C)O5)ccc4[C@H]3CC[C@]12C. The Bertz CT molecular complexity index is 1190. The number of hydrogen-bond acceptors (Lipinski definition) is 5. The highest BCUT2D eigenvalue weighted by atomic mass is 32.2. The monoisotopic (exact) mass is 630 g/mol. The summed E-state index contributed by atoms with van der Waals surface area (Å²) in [6.45, 7) is 11.8. The third-order valence-electron chi connectivity index (χ3n) is 11.2. The highest BCUT2D eigenvalue weighted by Gasteiger charge is 2.59. The van der Waals surface area contributed by atoms with E-state index in [1.54, 1.807) is 0 Å². The van der Waals surface area contributed by atoms with Crippen LogP contribution in [-0.4, -0.2) is 54.0 Å². The van der Waals surface area contributed by atoms with Gasteiger partial charge in [0.15, 0.2) is 0 Å². The predicted octanol–water partition coefficient (Wildman–Crippen LogP) is 7.71. The van der Waals surface area contributed by atoms with Crippen molar-refractivity contribution in [3.05, 3.63) is 29.3 Å². The minimum Gasteiger partial charge on any atom is -0.462 e. The molecule has 4 aliphatic rings. The predicted molar refractivity (Wildman–Crippen MR) is 159 cm³/mol. The zero-order chi connectivity index (χ0) is 31.6. The van der Waals surface area contributed by atoms with Gasteiger partial charge in [-0.25, -0.2) is 0 Å². The number of fused-ring (bicyclic) bond motifs is 5. The zero-order valence-corrected chi connectivity index (χ0v) is 26.8. The van der Waals surface area contributed by atoms with E-state index in [1.807, 2.05) is 27.7 Å².